The van der Waals surface area contributed by atoms with Gasteiger partial charge in [-0.1, -0.05) is 0 Å². The molecule has 0 aliphatic carbocycles. The van der Waals surface area contributed by atoms with Crippen molar-refractivity contribution in [3.63, 3.8) is 0 Å². The van der Waals surface area contributed by atoms with Gasteiger partial charge in [0, 0.05) is 36.5 Å². The lowest BCUT2D eigenvalue weighted by Crippen LogP contribution is -2.12. The zero-order valence-electron chi connectivity index (χ0n) is 13.3. The van der Waals surface area contributed by atoms with Crippen LogP contribution in [0.1, 0.15) is 31.4 Å². The Morgan fingerprint density at radius 2 is 1.91 bits per heavy atom. The van der Waals surface area contributed by atoms with Crippen LogP contribution in [0.4, 0.5) is 5.82 Å². The van der Waals surface area contributed by atoms with E-state index in [0.717, 1.165) is 16.8 Å². The molecule has 0 spiro atoms. The summed E-state index contributed by atoms with van der Waals surface area (Å²) in [5.74, 6) is 0.122. The molecule has 7 heteroatoms. The molecular formula is C16H20N4O3. The van der Waals surface area contributed by atoms with Crippen LogP contribution in [0.2, 0.25) is 0 Å². The van der Waals surface area contributed by atoms with Gasteiger partial charge in [0.2, 0.25) is 5.91 Å². The molecule has 23 heavy (non-hydrogen) atoms. The maximum atomic E-state index is 12.0. The van der Waals surface area contributed by atoms with E-state index in [1.807, 2.05) is 19.1 Å². The molecule has 2 rings (SSSR count). The van der Waals surface area contributed by atoms with Gasteiger partial charge in [0.05, 0.1) is 7.11 Å². The van der Waals surface area contributed by atoms with Crippen LogP contribution in [-0.2, 0) is 14.3 Å². The Bertz CT molecular complexity index is 667. The number of nitrogens with zero attached hydrogens (tertiary/aromatic N) is 2. The van der Waals surface area contributed by atoms with Gasteiger partial charge in [-0.25, -0.2) is 0 Å². The number of unbranched alkanes of at least 4 members (excludes halogenated alkanes) is 1. The maximum absolute atomic E-state index is 12.0. The third-order valence-electron chi connectivity index (χ3n) is 3.44. The van der Waals surface area contributed by atoms with E-state index in [1.165, 1.54) is 7.11 Å². The first-order chi connectivity index (χ1) is 11.1. The number of pyridine rings is 1. The molecule has 2 N–H and O–H groups in total. The van der Waals surface area contributed by atoms with E-state index >= 15 is 0 Å². The summed E-state index contributed by atoms with van der Waals surface area (Å²) in [7, 11) is 1.36. The standard InChI is InChI=1S/C16H20N4O3/c1-11-15(12-7-9-17-10-8-12)16(20-19-11)18-13(21)5-3-4-6-14(22)23-2/h7-10H,3-6H2,1-2H3,(H2,18,19,20,21). The van der Waals surface area contributed by atoms with Gasteiger partial charge in [-0.05, 0) is 37.5 Å². The SMILES string of the molecule is COC(=O)CCCCC(=O)Nc1n[nH]c(C)c1-c1ccncc1. The van der Waals surface area contributed by atoms with Crippen LogP contribution < -0.4 is 5.32 Å². The predicted molar refractivity (Wildman–Crippen MR) is 85.7 cm³/mol. The smallest absolute Gasteiger partial charge is 0.305 e. The molecule has 0 aliphatic heterocycles. The Kier molecular flexibility index (Phi) is 5.85. The van der Waals surface area contributed by atoms with E-state index in [2.05, 4.69) is 25.2 Å². The first-order valence-corrected chi connectivity index (χ1v) is 7.44. The summed E-state index contributed by atoms with van der Waals surface area (Å²) in [6, 6.07) is 3.73. The quantitative estimate of drug-likeness (QED) is 0.604. The second-order valence-electron chi connectivity index (χ2n) is 5.14. The molecule has 0 radical (unpaired) electrons. The minimum atomic E-state index is -0.256. The van der Waals surface area contributed by atoms with E-state index in [9.17, 15) is 9.59 Å². The summed E-state index contributed by atoms with van der Waals surface area (Å²) in [5.41, 5.74) is 2.67. The number of amides is 1. The Balaban J connectivity index is 1.93. The minimum absolute atomic E-state index is 0.128. The summed E-state index contributed by atoms with van der Waals surface area (Å²) in [6.45, 7) is 1.90. The average molecular weight is 316 g/mol. The average Bonchev–Trinajstić information content (AvgIpc) is 2.92. The van der Waals surface area contributed by atoms with Gasteiger partial charge in [0.25, 0.3) is 0 Å². The van der Waals surface area contributed by atoms with E-state index in [0.29, 0.717) is 31.5 Å². The lowest BCUT2D eigenvalue weighted by Gasteiger charge is -2.06. The highest BCUT2D eigenvalue weighted by Gasteiger charge is 2.14. The number of hydrogen-bond acceptors (Lipinski definition) is 5. The molecule has 7 nitrogen and oxygen atoms in total. The number of carbonyl (C=O) groups is 2. The number of H-pyrrole nitrogens is 1. The van der Waals surface area contributed by atoms with Crippen molar-refractivity contribution in [2.24, 2.45) is 0 Å². The van der Waals surface area contributed by atoms with Gasteiger partial charge in [-0.15, -0.1) is 0 Å². The van der Waals surface area contributed by atoms with Crippen molar-refractivity contribution in [3.8, 4) is 11.1 Å². The number of ether oxygens (including phenoxy) is 1. The summed E-state index contributed by atoms with van der Waals surface area (Å²) < 4.78 is 4.56. The zero-order chi connectivity index (χ0) is 16.7. The number of rotatable bonds is 7. The molecule has 122 valence electrons. The van der Waals surface area contributed by atoms with Crippen molar-refractivity contribution in [1.29, 1.82) is 0 Å². The number of carbonyl (C=O) groups excluding carboxylic acids is 2. The fraction of sp³-hybridized carbons (Fsp3) is 0.375. The fourth-order valence-corrected chi connectivity index (χ4v) is 2.24. The highest BCUT2D eigenvalue weighted by Crippen LogP contribution is 2.28. The van der Waals surface area contributed by atoms with Crippen LogP contribution in [0.25, 0.3) is 11.1 Å². The zero-order valence-corrected chi connectivity index (χ0v) is 13.3. The van der Waals surface area contributed by atoms with Crippen molar-refractivity contribution < 1.29 is 14.3 Å². The van der Waals surface area contributed by atoms with Crippen LogP contribution in [-0.4, -0.2) is 34.2 Å². The monoisotopic (exact) mass is 316 g/mol. The third-order valence-corrected chi connectivity index (χ3v) is 3.44. The number of methoxy groups -OCH3 is 1. The molecule has 1 amide bonds. The molecule has 0 aliphatic rings. The van der Waals surface area contributed by atoms with Gasteiger partial charge in [0.15, 0.2) is 5.82 Å². The normalized spacial score (nSPS) is 10.3. The topological polar surface area (TPSA) is 97.0 Å². The molecule has 2 heterocycles. The molecule has 0 atom stereocenters. The Labute approximate surface area is 134 Å². The minimum Gasteiger partial charge on any atom is -0.469 e. The maximum Gasteiger partial charge on any atom is 0.305 e. The van der Waals surface area contributed by atoms with Gasteiger partial charge < -0.3 is 10.1 Å². The number of aryl methyl sites for hydroxylation is 1. The van der Waals surface area contributed by atoms with Crippen LogP contribution in [0.3, 0.4) is 0 Å². The predicted octanol–water partition coefficient (Wildman–Crippen LogP) is 2.45. The lowest BCUT2D eigenvalue weighted by molar-refractivity contribution is -0.140. The second-order valence-corrected chi connectivity index (χ2v) is 5.14. The number of aromatic amines is 1. The van der Waals surface area contributed by atoms with E-state index in [4.69, 9.17) is 0 Å². The Morgan fingerprint density at radius 3 is 2.61 bits per heavy atom. The number of hydrogen-bond donors (Lipinski definition) is 2. The van der Waals surface area contributed by atoms with Gasteiger partial charge in [-0.3, -0.25) is 19.7 Å². The van der Waals surface area contributed by atoms with Crippen molar-refractivity contribution in [3.05, 3.63) is 30.2 Å². The molecule has 2 aromatic rings. The molecule has 2 aromatic heterocycles. The first kappa shape index (κ1) is 16.7. The van der Waals surface area contributed by atoms with E-state index < -0.39 is 0 Å². The summed E-state index contributed by atoms with van der Waals surface area (Å²) >= 11 is 0. The third kappa shape index (κ3) is 4.64. The van der Waals surface area contributed by atoms with E-state index in [-0.39, 0.29) is 11.9 Å². The molecule has 0 bridgehead atoms. The van der Waals surface area contributed by atoms with Crippen LogP contribution >= 0.6 is 0 Å². The largest absolute Gasteiger partial charge is 0.469 e. The molecule has 0 saturated heterocycles. The second kappa shape index (κ2) is 8.07. The number of nitrogens with one attached hydrogen (secondary N) is 2. The van der Waals surface area contributed by atoms with E-state index in [1.54, 1.807) is 12.4 Å². The van der Waals surface area contributed by atoms with Crippen LogP contribution in [0, 0.1) is 6.92 Å². The molecular weight excluding hydrogens is 296 g/mol. The van der Waals surface area contributed by atoms with Crippen molar-refractivity contribution in [2.75, 3.05) is 12.4 Å². The Morgan fingerprint density at radius 1 is 1.22 bits per heavy atom. The molecule has 0 aromatic carbocycles. The summed E-state index contributed by atoms with van der Waals surface area (Å²) in [5, 5.41) is 9.85. The first-order valence-electron chi connectivity index (χ1n) is 7.44. The molecule has 0 saturated carbocycles. The molecule has 0 fully saturated rings. The highest BCUT2D eigenvalue weighted by molar-refractivity contribution is 5.94. The number of esters is 1. The van der Waals surface area contributed by atoms with Crippen molar-refractivity contribution in [1.82, 2.24) is 15.2 Å². The lowest BCUT2D eigenvalue weighted by atomic mass is 10.1. The number of anilines is 1. The summed E-state index contributed by atoms with van der Waals surface area (Å²) in [4.78, 5) is 27.0. The highest BCUT2D eigenvalue weighted by atomic mass is 16.5. The van der Waals surface area contributed by atoms with Crippen LogP contribution in [0.5, 0.6) is 0 Å². The molecule has 0 unspecified atom stereocenters. The van der Waals surface area contributed by atoms with Gasteiger partial charge in [-0.2, -0.15) is 5.10 Å². The van der Waals surface area contributed by atoms with Gasteiger partial charge in [0.1, 0.15) is 0 Å². The Hall–Kier alpha value is -2.70. The van der Waals surface area contributed by atoms with Gasteiger partial charge >= 0.3 is 5.97 Å². The van der Waals surface area contributed by atoms with Crippen LogP contribution in [0.15, 0.2) is 24.5 Å². The summed E-state index contributed by atoms with van der Waals surface area (Å²) in [6.07, 6.45) is 5.29. The number of aromatic nitrogens is 3. The van der Waals surface area contributed by atoms with Crippen molar-refractivity contribution >= 4 is 17.7 Å². The van der Waals surface area contributed by atoms with Crippen molar-refractivity contribution in [2.45, 2.75) is 32.6 Å². The fourth-order valence-electron chi connectivity index (χ4n) is 2.24.